The van der Waals surface area contributed by atoms with E-state index in [1.165, 1.54) is 0 Å². The van der Waals surface area contributed by atoms with Crippen LogP contribution in [0, 0.1) is 0 Å². The van der Waals surface area contributed by atoms with Crippen LogP contribution in [-0.4, -0.2) is 108 Å². The molecule has 2 aliphatic heterocycles. The van der Waals surface area contributed by atoms with Crippen LogP contribution in [0.4, 0.5) is 5.95 Å². The molecule has 2 saturated heterocycles. The highest BCUT2D eigenvalue weighted by Gasteiger charge is 2.23. The Hall–Kier alpha value is -2.18. The predicted octanol–water partition coefficient (Wildman–Crippen LogP) is 0.263. The Bertz CT molecular complexity index is 732. The molecule has 31 heavy (non-hydrogen) atoms. The summed E-state index contributed by atoms with van der Waals surface area (Å²) >= 11 is 0. The molecule has 2 fully saturated rings. The Morgan fingerprint density at radius 1 is 0.968 bits per heavy atom. The Kier molecular flexibility index (Phi) is 10.2. The Morgan fingerprint density at radius 3 is 2.13 bits per heavy atom. The largest absolute Gasteiger partial charge is 0.357 e. The number of aliphatic imine (C=N–C) groups is 1. The second kappa shape index (κ2) is 12.6. The van der Waals surface area contributed by atoms with E-state index in [0.29, 0.717) is 45.1 Å². The summed E-state index contributed by atoms with van der Waals surface area (Å²) in [6, 6.07) is 1.80. The van der Waals surface area contributed by atoms with Crippen LogP contribution in [-0.2, 0) is 9.59 Å². The lowest BCUT2D eigenvalue weighted by molar-refractivity contribution is -0.131. The highest BCUT2D eigenvalue weighted by molar-refractivity contribution is 14.0. The Labute approximate surface area is 201 Å². The third kappa shape index (κ3) is 7.18. The molecule has 3 rings (SSSR count). The van der Waals surface area contributed by atoms with Crippen molar-refractivity contribution in [3.63, 3.8) is 0 Å². The number of halogens is 1. The monoisotopic (exact) mass is 544 g/mol. The SMILES string of the molecule is CCNC(=NCCC(=O)N1CCN(c2ncccn2)CC1)N1CCN(C(C)=O)CC1.I. The number of hydrogen-bond acceptors (Lipinski definition) is 6. The summed E-state index contributed by atoms with van der Waals surface area (Å²) in [4.78, 5) is 45.3. The lowest BCUT2D eigenvalue weighted by Gasteiger charge is -2.36. The fraction of sp³-hybridized carbons (Fsp3) is 0.650. The molecule has 0 aromatic carbocycles. The van der Waals surface area contributed by atoms with Crippen LogP contribution in [0.25, 0.3) is 0 Å². The van der Waals surface area contributed by atoms with Crippen molar-refractivity contribution in [3.8, 4) is 0 Å². The summed E-state index contributed by atoms with van der Waals surface area (Å²) in [6.07, 6.45) is 3.86. The van der Waals surface area contributed by atoms with E-state index in [0.717, 1.165) is 38.7 Å². The molecule has 172 valence electrons. The average molecular weight is 544 g/mol. The van der Waals surface area contributed by atoms with Gasteiger partial charge in [-0.15, -0.1) is 24.0 Å². The van der Waals surface area contributed by atoms with Crippen LogP contribution >= 0.6 is 24.0 Å². The van der Waals surface area contributed by atoms with Crippen molar-refractivity contribution in [2.24, 2.45) is 4.99 Å². The Morgan fingerprint density at radius 2 is 1.55 bits per heavy atom. The lowest BCUT2D eigenvalue weighted by atomic mass is 10.3. The summed E-state index contributed by atoms with van der Waals surface area (Å²) in [5.74, 6) is 1.78. The van der Waals surface area contributed by atoms with Crippen LogP contribution in [0.15, 0.2) is 23.5 Å². The van der Waals surface area contributed by atoms with Gasteiger partial charge in [-0.3, -0.25) is 14.6 Å². The topological polar surface area (TPSA) is 97.3 Å². The van der Waals surface area contributed by atoms with Crippen LogP contribution < -0.4 is 10.2 Å². The molecule has 2 aliphatic rings. The van der Waals surface area contributed by atoms with Gasteiger partial charge in [0.2, 0.25) is 17.8 Å². The summed E-state index contributed by atoms with van der Waals surface area (Å²) in [5.41, 5.74) is 0. The zero-order valence-electron chi connectivity index (χ0n) is 18.4. The van der Waals surface area contributed by atoms with Crippen molar-refractivity contribution in [3.05, 3.63) is 18.5 Å². The van der Waals surface area contributed by atoms with E-state index < -0.39 is 0 Å². The number of nitrogens with one attached hydrogen (secondary N) is 1. The average Bonchev–Trinajstić information content (AvgIpc) is 2.79. The van der Waals surface area contributed by atoms with Crippen molar-refractivity contribution >= 4 is 47.7 Å². The lowest BCUT2D eigenvalue weighted by Crippen LogP contribution is -2.53. The molecule has 0 spiro atoms. The molecule has 10 nitrogen and oxygen atoms in total. The molecular formula is C20H33IN8O2. The number of aromatic nitrogens is 2. The molecule has 0 radical (unpaired) electrons. The highest BCUT2D eigenvalue weighted by Crippen LogP contribution is 2.10. The molecule has 0 atom stereocenters. The summed E-state index contributed by atoms with van der Waals surface area (Å²) in [5, 5.41) is 3.30. The summed E-state index contributed by atoms with van der Waals surface area (Å²) < 4.78 is 0. The number of anilines is 1. The van der Waals surface area contributed by atoms with Gasteiger partial charge in [-0.1, -0.05) is 0 Å². The molecule has 1 N–H and O–H groups in total. The molecule has 1 aromatic rings. The van der Waals surface area contributed by atoms with Crippen molar-refractivity contribution in [2.75, 3.05) is 70.3 Å². The molecule has 0 aliphatic carbocycles. The van der Waals surface area contributed by atoms with Crippen LogP contribution in [0.3, 0.4) is 0 Å². The molecule has 2 amide bonds. The van der Waals surface area contributed by atoms with E-state index in [1.807, 2.05) is 16.7 Å². The third-order valence-electron chi connectivity index (χ3n) is 5.41. The highest BCUT2D eigenvalue weighted by atomic mass is 127. The fourth-order valence-corrected chi connectivity index (χ4v) is 3.68. The van der Waals surface area contributed by atoms with E-state index >= 15 is 0 Å². The van der Waals surface area contributed by atoms with Gasteiger partial charge in [0, 0.05) is 84.6 Å². The minimum Gasteiger partial charge on any atom is -0.357 e. The number of rotatable bonds is 5. The number of amides is 2. The maximum atomic E-state index is 12.6. The van der Waals surface area contributed by atoms with E-state index in [1.54, 1.807) is 25.4 Å². The molecule has 0 saturated carbocycles. The molecule has 3 heterocycles. The number of carbonyl (C=O) groups excluding carboxylic acids is 2. The summed E-state index contributed by atoms with van der Waals surface area (Å²) in [7, 11) is 0. The van der Waals surface area contributed by atoms with Crippen molar-refractivity contribution in [2.45, 2.75) is 20.3 Å². The molecule has 11 heteroatoms. The van der Waals surface area contributed by atoms with Crippen molar-refractivity contribution in [1.82, 2.24) is 30.0 Å². The zero-order chi connectivity index (χ0) is 21.3. The first-order valence-corrected chi connectivity index (χ1v) is 10.7. The first-order valence-electron chi connectivity index (χ1n) is 10.7. The first-order chi connectivity index (χ1) is 14.6. The first kappa shape index (κ1) is 25.1. The second-order valence-electron chi connectivity index (χ2n) is 7.40. The standard InChI is InChI=1S/C20H32N8O2.HI/c1-3-21-19(27-13-9-25(10-14-27)17(2)29)24-8-5-18(30)26-11-15-28(16-12-26)20-22-6-4-7-23-20;/h4,6-7H,3,5,8-16H2,1-2H3,(H,21,24);1H. The number of guanidine groups is 1. The Balaban J connectivity index is 0.00000341. The van der Waals surface area contributed by atoms with Gasteiger partial charge >= 0.3 is 0 Å². The molecule has 0 bridgehead atoms. The van der Waals surface area contributed by atoms with E-state index in [9.17, 15) is 9.59 Å². The molecular weight excluding hydrogens is 511 g/mol. The van der Waals surface area contributed by atoms with Crippen molar-refractivity contribution in [1.29, 1.82) is 0 Å². The van der Waals surface area contributed by atoms with Crippen LogP contribution in [0.1, 0.15) is 20.3 Å². The van der Waals surface area contributed by atoms with Gasteiger partial charge in [-0.05, 0) is 13.0 Å². The number of carbonyl (C=O) groups is 2. The maximum absolute atomic E-state index is 12.6. The number of nitrogens with zero attached hydrogens (tertiary/aromatic N) is 7. The molecule has 1 aromatic heterocycles. The number of piperazine rings is 2. The quantitative estimate of drug-likeness (QED) is 0.323. The second-order valence-corrected chi connectivity index (χ2v) is 7.40. The van der Waals surface area contributed by atoms with Crippen LogP contribution in [0.5, 0.6) is 0 Å². The summed E-state index contributed by atoms with van der Waals surface area (Å²) in [6.45, 7) is 10.6. The van der Waals surface area contributed by atoms with Gasteiger partial charge < -0.3 is 24.9 Å². The van der Waals surface area contributed by atoms with E-state index in [4.69, 9.17) is 0 Å². The van der Waals surface area contributed by atoms with E-state index in [2.05, 4.69) is 30.1 Å². The van der Waals surface area contributed by atoms with Gasteiger partial charge in [-0.25, -0.2) is 9.97 Å². The normalized spacial score (nSPS) is 17.3. The zero-order valence-corrected chi connectivity index (χ0v) is 20.7. The van der Waals surface area contributed by atoms with Gasteiger partial charge in [-0.2, -0.15) is 0 Å². The van der Waals surface area contributed by atoms with Gasteiger partial charge in [0.15, 0.2) is 5.96 Å². The number of hydrogen-bond donors (Lipinski definition) is 1. The predicted molar refractivity (Wildman–Crippen MR) is 131 cm³/mol. The van der Waals surface area contributed by atoms with Gasteiger partial charge in [0.1, 0.15) is 0 Å². The smallest absolute Gasteiger partial charge is 0.225 e. The van der Waals surface area contributed by atoms with Gasteiger partial charge in [0.05, 0.1) is 6.54 Å². The van der Waals surface area contributed by atoms with E-state index in [-0.39, 0.29) is 35.8 Å². The fourth-order valence-electron chi connectivity index (χ4n) is 3.68. The van der Waals surface area contributed by atoms with Gasteiger partial charge in [0.25, 0.3) is 0 Å². The van der Waals surface area contributed by atoms with Crippen LogP contribution in [0.2, 0.25) is 0 Å². The minimum absolute atomic E-state index is 0. The molecule has 0 unspecified atom stereocenters. The maximum Gasteiger partial charge on any atom is 0.225 e. The third-order valence-corrected chi connectivity index (χ3v) is 5.41. The minimum atomic E-state index is 0. The van der Waals surface area contributed by atoms with Crippen molar-refractivity contribution < 1.29 is 9.59 Å².